The van der Waals surface area contributed by atoms with Crippen molar-refractivity contribution < 1.29 is 46.5 Å². The minimum Gasteiger partial charge on any atom is -0.369 e. The Morgan fingerprint density at radius 2 is 1.17 bits per heavy atom. The number of aromatic amines is 2. The summed E-state index contributed by atoms with van der Waals surface area (Å²) < 4.78 is 63.1. The number of hydrogen-bond donors (Lipinski definition) is 6. The normalized spacial score (nSPS) is 37.1. The van der Waals surface area contributed by atoms with Crippen LogP contribution in [0.2, 0.25) is 0 Å². The molecule has 22 nitrogen and oxygen atoms in total. The fraction of sp³-hybridized carbons (Fsp3) is 0.545. The zero-order valence-electron chi connectivity index (χ0n) is 23.9. The van der Waals surface area contributed by atoms with Crippen LogP contribution in [0.1, 0.15) is 26.3 Å². The SMILES string of the molecule is C[C@H]1C2OP(=O)(O)OC[C@@H]3O[C@@H](n4cnc5c(=O)[nH]c(N)nc54)[C@@H](C)C3OP(=O)(O)OC[C@@H]2O[C@H]1n1cnc2c(=O)[nH]c(N)nc21. The molecule has 0 spiro atoms. The van der Waals surface area contributed by atoms with Crippen molar-refractivity contribution in [3.63, 3.8) is 0 Å². The second kappa shape index (κ2) is 11.0. The Kier molecular flexibility index (Phi) is 7.44. The number of imidazole rings is 2. The molecule has 0 radical (unpaired) electrons. The fourth-order valence-electron chi connectivity index (χ4n) is 5.96. The summed E-state index contributed by atoms with van der Waals surface area (Å²) in [6.45, 7) is 1.97. The maximum absolute atomic E-state index is 13.3. The van der Waals surface area contributed by atoms with E-state index < -0.39 is 88.7 Å². The van der Waals surface area contributed by atoms with Crippen LogP contribution in [0.15, 0.2) is 22.2 Å². The number of aromatic nitrogens is 8. The lowest BCUT2D eigenvalue weighted by atomic mass is 10.0. The Bertz CT molecular complexity index is 1900. The van der Waals surface area contributed by atoms with Gasteiger partial charge in [-0.05, 0) is 0 Å². The van der Waals surface area contributed by atoms with Gasteiger partial charge in [-0.15, -0.1) is 0 Å². The molecule has 46 heavy (non-hydrogen) atoms. The standard InChI is InChI=1S/C22H28N10O12P2/c1-7-13-9(41-19(7)31-5-25-11-15(31)27-21(23)29-17(11)33)3-39-46(37,38)44-14-8(2)20(42-10(14)4-40-45(35,36)43-13)32-6-26-12-16(32)28-22(24)30-18(12)34/h5-10,13-14,19-20H,3-4H2,1-2H3,(H,35,36)(H,37,38)(H3,23,27,29,33)(H3,24,28,30,34)/t7-,8-,9-,10-,13?,14?,19+,20+/m0/s1. The maximum Gasteiger partial charge on any atom is 0.472 e. The van der Waals surface area contributed by atoms with E-state index in [1.807, 2.05) is 0 Å². The van der Waals surface area contributed by atoms with E-state index in [1.165, 1.54) is 21.8 Å². The van der Waals surface area contributed by atoms with Crippen molar-refractivity contribution in [2.45, 2.75) is 50.7 Å². The number of rotatable bonds is 2. The second-order valence-corrected chi connectivity index (χ2v) is 13.9. The summed E-state index contributed by atoms with van der Waals surface area (Å²) in [7, 11) is -9.72. The van der Waals surface area contributed by atoms with Gasteiger partial charge in [0.15, 0.2) is 22.3 Å². The van der Waals surface area contributed by atoms with E-state index in [4.69, 9.17) is 39.0 Å². The molecule has 0 saturated carbocycles. The van der Waals surface area contributed by atoms with Crippen LogP contribution >= 0.6 is 15.6 Å². The van der Waals surface area contributed by atoms with E-state index >= 15 is 0 Å². The van der Waals surface area contributed by atoms with E-state index in [0.717, 1.165) is 0 Å². The van der Waals surface area contributed by atoms with Crippen LogP contribution in [0.4, 0.5) is 11.9 Å². The van der Waals surface area contributed by atoms with Gasteiger partial charge < -0.3 is 30.7 Å². The Labute approximate surface area is 256 Å². The first-order valence-corrected chi connectivity index (χ1v) is 16.8. The molecule has 8 N–H and O–H groups in total. The van der Waals surface area contributed by atoms with Gasteiger partial charge in [0, 0.05) is 11.8 Å². The quantitative estimate of drug-likeness (QED) is 0.145. The monoisotopic (exact) mass is 686 g/mol. The molecule has 10 atom stereocenters. The molecule has 4 aromatic heterocycles. The van der Waals surface area contributed by atoms with Gasteiger partial charge in [-0.1, -0.05) is 13.8 Å². The first-order chi connectivity index (χ1) is 21.7. The average Bonchev–Trinajstić information content (AvgIpc) is 3.72. The molecular formula is C22H28N10O12P2. The van der Waals surface area contributed by atoms with Crippen molar-refractivity contribution in [1.29, 1.82) is 0 Å². The third kappa shape index (κ3) is 5.35. The molecule has 0 amide bonds. The van der Waals surface area contributed by atoms with Gasteiger partial charge in [-0.2, -0.15) is 9.97 Å². The minimum atomic E-state index is -4.86. The van der Waals surface area contributed by atoms with Crippen molar-refractivity contribution in [3.05, 3.63) is 33.4 Å². The van der Waals surface area contributed by atoms with Crippen molar-refractivity contribution in [3.8, 4) is 0 Å². The van der Waals surface area contributed by atoms with Gasteiger partial charge >= 0.3 is 15.6 Å². The molecule has 4 aromatic rings. The summed E-state index contributed by atoms with van der Waals surface area (Å²) in [6.07, 6.45) is -4.34. The number of nitrogen functional groups attached to an aromatic ring is 2. The van der Waals surface area contributed by atoms with Gasteiger partial charge in [-0.3, -0.25) is 46.8 Å². The zero-order chi connectivity index (χ0) is 32.7. The smallest absolute Gasteiger partial charge is 0.369 e. The number of nitrogens with zero attached hydrogens (tertiary/aromatic N) is 6. The van der Waals surface area contributed by atoms with Gasteiger partial charge in [0.05, 0.1) is 25.9 Å². The number of nitrogens with two attached hydrogens (primary N) is 2. The molecule has 0 bridgehead atoms. The number of fused-ring (bicyclic) bond motifs is 4. The van der Waals surface area contributed by atoms with Crippen LogP contribution in [0, 0.1) is 11.8 Å². The average molecular weight is 686 g/mol. The summed E-state index contributed by atoms with van der Waals surface area (Å²) in [5.41, 5.74) is 10.3. The summed E-state index contributed by atoms with van der Waals surface area (Å²) in [4.78, 5) is 67.1. The topological polar surface area (TPSA) is 309 Å². The molecule has 7 heterocycles. The number of phosphoric acid groups is 2. The lowest BCUT2D eigenvalue weighted by Gasteiger charge is -2.28. The molecule has 0 aliphatic carbocycles. The summed E-state index contributed by atoms with van der Waals surface area (Å²) in [5.74, 6) is -1.86. The number of ether oxygens (including phenoxy) is 2. The molecule has 3 aliphatic heterocycles. The van der Waals surface area contributed by atoms with E-state index in [0.29, 0.717) is 0 Å². The van der Waals surface area contributed by atoms with E-state index in [2.05, 4.69) is 29.9 Å². The van der Waals surface area contributed by atoms with Gasteiger partial charge in [-0.25, -0.2) is 19.1 Å². The Hall–Kier alpha value is -3.56. The summed E-state index contributed by atoms with van der Waals surface area (Å²) in [5, 5.41) is 0. The largest absolute Gasteiger partial charge is 0.472 e. The Morgan fingerprint density at radius 3 is 1.57 bits per heavy atom. The highest BCUT2D eigenvalue weighted by Gasteiger charge is 2.52. The van der Waals surface area contributed by atoms with Gasteiger partial charge in [0.25, 0.3) is 11.1 Å². The highest BCUT2D eigenvalue weighted by Crippen LogP contribution is 2.55. The number of hydrogen-bond acceptors (Lipinski definition) is 16. The summed E-state index contributed by atoms with van der Waals surface area (Å²) in [6, 6.07) is 0. The number of H-pyrrole nitrogens is 2. The number of phosphoric ester groups is 2. The van der Waals surface area contributed by atoms with Crippen LogP contribution in [0.3, 0.4) is 0 Å². The van der Waals surface area contributed by atoms with Crippen LogP contribution < -0.4 is 22.6 Å². The first-order valence-electron chi connectivity index (χ1n) is 13.8. The van der Waals surface area contributed by atoms with Gasteiger partial charge in [0.2, 0.25) is 11.9 Å². The van der Waals surface area contributed by atoms with Crippen LogP contribution in [-0.4, -0.2) is 86.5 Å². The van der Waals surface area contributed by atoms with Gasteiger partial charge in [0.1, 0.15) is 36.9 Å². The molecule has 0 aromatic carbocycles. The third-order valence-electron chi connectivity index (χ3n) is 8.06. The Morgan fingerprint density at radius 1 is 0.783 bits per heavy atom. The number of anilines is 2. The van der Waals surface area contributed by atoms with Crippen LogP contribution in [0.5, 0.6) is 0 Å². The highest BCUT2D eigenvalue weighted by atomic mass is 31.2. The lowest BCUT2D eigenvalue weighted by molar-refractivity contribution is -0.0661. The molecular weight excluding hydrogens is 658 g/mol. The van der Waals surface area contributed by atoms with Crippen LogP contribution in [-0.2, 0) is 36.7 Å². The molecule has 248 valence electrons. The van der Waals surface area contributed by atoms with Crippen molar-refractivity contribution >= 4 is 49.9 Å². The molecule has 7 rings (SSSR count). The van der Waals surface area contributed by atoms with E-state index in [-0.39, 0.29) is 34.2 Å². The second-order valence-electron chi connectivity index (χ2n) is 11.1. The van der Waals surface area contributed by atoms with Crippen LogP contribution in [0.25, 0.3) is 22.3 Å². The molecule has 24 heteroatoms. The van der Waals surface area contributed by atoms with Crippen molar-refractivity contribution in [2.24, 2.45) is 11.8 Å². The lowest BCUT2D eigenvalue weighted by Crippen LogP contribution is -2.35. The highest BCUT2D eigenvalue weighted by molar-refractivity contribution is 7.47. The van der Waals surface area contributed by atoms with E-state index in [9.17, 15) is 28.5 Å². The molecule has 3 aliphatic rings. The maximum atomic E-state index is 13.3. The predicted molar refractivity (Wildman–Crippen MR) is 153 cm³/mol. The fourth-order valence-corrected chi connectivity index (χ4v) is 8.02. The number of nitrogens with one attached hydrogen (secondary N) is 2. The van der Waals surface area contributed by atoms with Crippen molar-refractivity contribution in [1.82, 2.24) is 39.0 Å². The first kappa shape index (κ1) is 31.1. The molecule has 3 fully saturated rings. The molecule has 4 unspecified atom stereocenters. The predicted octanol–water partition coefficient (Wildman–Crippen LogP) is -0.498. The van der Waals surface area contributed by atoms with Crippen molar-refractivity contribution in [2.75, 3.05) is 24.7 Å². The summed E-state index contributed by atoms with van der Waals surface area (Å²) >= 11 is 0. The third-order valence-corrected chi connectivity index (χ3v) is 10.0. The zero-order valence-corrected chi connectivity index (χ0v) is 25.7. The molecule has 3 saturated heterocycles. The van der Waals surface area contributed by atoms with E-state index in [1.54, 1.807) is 13.8 Å². The minimum absolute atomic E-state index is 0.0359. The Balaban J connectivity index is 1.18.